The van der Waals surface area contributed by atoms with Crippen molar-refractivity contribution in [1.29, 1.82) is 0 Å². The standard InChI is InChI=1S/C12H20F6O3S/c13-11(14,15)8-6-4-2-1-3-5-7-9-22(19,20)21-10-12(16,17)18/h1-10H2. The summed E-state index contributed by atoms with van der Waals surface area (Å²) in [6, 6.07) is 0. The number of unbranched alkanes of at least 4 members (excludes halogenated alkanes) is 6. The first kappa shape index (κ1) is 21.5. The molecule has 0 amide bonds. The van der Waals surface area contributed by atoms with Crippen molar-refractivity contribution in [3.63, 3.8) is 0 Å². The van der Waals surface area contributed by atoms with Crippen LogP contribution in [0.3, 0.4) is 0 Å². The van der Waals surface area contributed by atoms with Crippen LogP contribution in [0.2, 0.25) is 0 Å². The minimum atomic E-state index is -4.69. The van der Waals surface area contributed by atoms with E-state index in [1.54, 1.807) is 0 Å². The maximum atomic E-state index is 11.8. The lowest BCUT2D eigenvalue weighted by Crippen LogP contribution is -2.22. The molecule has 3 nitrogen and oxygen atoms in total. The maximum Gasteiger partial charge on any atom is 0.413 e. The van der Waals surface area contributed by atoms with Crippen LogP contribution in [0.5, 0.6) is 0 Å². The summed E-state index contributed by atoms with van der Waals surface area (Å²) in [5.41, 5.74) is 0. The van der Waals surface area contributed by atoms with Crippen molar-refractivity contribution < 1.29 is 38.9 Å². The third kappa shape index (κ3) is 15.9. The van der Waals surface area contributed by atoms with E-state index in [0.29, 0.717) is 32.1 Å². The van der Waals surface area contributed by atoms with E-state index >= 15 is 0 Å². The van der Waals surface area contributed by atoms with Crippen LogP contribution in [-0.2, 0) is 14.3 Å². The van der Waals surface area contributed by atoms with Gasteiger partial charge in [-0.3, -0.25) is 4.18 Å². The Balaban J connectivity index is 3.53. The third-order valence-corrected chi connectivity index (χ3v) is 4.02. The van der Waals surface area contributed by atoms with Crippen LogP contribution in [0.15, 0.2) is 0 Å². The van der Waals surface area contributed by atoms with Gasteiger partial charge in [-0.1, -0.05) is 32.1 Å². The molecule has 0 heterocycles. The lowest BCUT2D eigenvalue weighted by molar-refractivity contribution is -0.152. The monoisotopic (exact) mass is 358 g/mol. The van der Waals surface area contributed by atoms with Crippen LogP contribution in [0, 0.1) is 0 Å². The third-order valence-electron chi connectivity index (χ3n) is 2.76. The van der Waals surface area contributed by atoms with Crippen LogP contribution >= 0.6 is 0 Å². The molecule has 0 aromatic heterocycles. The van der Waals surface area contributed by atoms with Gasteiger partial charge in [0.25, 0.3) is 10.1 Å². The molecule has 0 saturated heterocycles. The van der Waals surface area contributed by atoms with E-state index in [4.69, 9.17) is 0 Å². The highest BCUT2D eigenvalue weighted by atomic mass is 32.2. The van der Waals surface area contributed by atoms with Gasteiger partial charge in [-0.2, -0.15) is 34.8 Å². The van der Waals surface area contributed by atoms with Gasteiger partial charge < -0.3 is 0 Å². The Morgan fingerprint density at radius 3 is 1.59 bits per heavy atom. The Morgan fingerprint density at radius 2 is 1.14 bits per heavy atom. The molecule has 0 radical (unpaired) electrons. The molecular weight excluding hydrogens is 338 g/mol. The zero-order valence-corrected chi connectivity index (χ0v) is 12.8. The number of rotatable bonds is 11. The van der Waals surface area contributed by atoms with Crippen molar-refractivity contribution in [3.05, 3.63) is 0 Å². The summed E-state index contributed by atoms with van der Waals surface area (Å²) in [4.78, 5) is 0. The van der Waals surface area contributed by atoms with Crippen molar-refractivity contribution in [3.8, 4) is 0 Å². The number of alkyl halides is 6. The van der Waals surface area contributed by atoms with Gasteiger partial charge in [-0.25, -0.2) is 0 Å². The van der Waals surface area contributed by atoms with Crippen LogP contribution in [-0.4, -0.2) is 33.1 Å². The summed E-state index contributed by atoms with van der Waals surface area (Å²) in [7, 11) is -4.18. The summed E-state index contributed by atoms with van der Waals surface area (Å²) in [6.07, 6.45) is -6.54. The zero-order chi connectivity index (χ0) is 17.3. The van der Waals surface area contributed by atoms with E-state index < -0.39 is 41.3 Å². The summed E-state index contributed by atoms with van der Waals surface area (Å²) in [5, 5.41) is 0. The average Bonchev–Trinajstić information content (AvgIpc) is 2.32. The Bertz CT molecular complexity index is 389. The van der Waals surface area contributed by atoms with Gasteiger partial charge in [0.2, 0.25) is 0 Å². The van der Waals surface area contributed by atoms with Crippen molar-refractivity contribution in [1.82, 2.24) is 0 Å². The maximum absolute atomic E-state index is 11.8. The van der Waals surface area contributed by atoms with Gasteiger partial charge in [0, 0.05) is 6.42 Å². The molecule has 0 fully saturated rings. The molecule has 0 aliphatic heterocycles. The van der Waals surface area contributed by atoms with E-state index in [9.17, 15) is 34.8 Å². The van der Waals surface area contributed by atoms with E-state index in [1.807, 2.05) is 0 Å². The van der Waals surface area contributed by atoms with E-state index in [1.165, 1.54) is 0 Å². The van der Waals surface area contributed by atoms with Crippen molar-refractivity contribution in [2.24, 2.45) is 0 Å². The first-order valence-electron chi connectivity index (χ1n) is 6.92. The summed E-state index contributed by atoms with van der Waals surface area (Å²) in [6.45, 7) is -1.82. The average molecular weight is 358 g/mol. The molecule has 134 valence electrons. The Morgan fingerprint density at radius 1 is 0.682 bits per heavy atom. The van der Waals surface area contributed by atoms with Gasteiger partial charge >= 0.3 is 12.4 Å². The normalized spacial score (nSPS) is 13.5. The second-order valence-corrected chi connectivity index (χ2v) is 6.74. The van der Waals surface area contributed by atoms with Crippen LogP contribution < -0.4 is 0 Å². The molecule has 0 spiro atoms. The Labute approximate surface area is 126 Å². The highest BCUT2D eigenvalue weighted by molar-refractivity contribution is 7.86. The highest BCUT2D eigenvalue weighted by Gasteiger charge is 2.30. The fourth-order valence-corrected chi connectivity index (χ4v) is 2.69. The first-order chi connectivity index (χ1) is 9.91. The molecule has 10 heteroatoms. The molecule has 0 atom stereocenters. The van der Waals surface area contributed by atoms with Gasteiger partial charge in [0.15, 0.2) is 6.61 Å². The quantitative estimate of drug-likeness (QED) is 0.308. The van der Waals surface area contributed by atoms with Gasteiger partial charge in [0.1, 0.15) is 0 Å². The van der Waals surface area contributed by atoms with Crippen LogP contribution in [0.25, 0.3) is 0 Å². The van der Waals surface area contributed by atoms with Crippen molar-refractivity contribution >= 4 is 10.1 Å². The van der Waals surface area contributed by atoms with Gasteiger partial charge in [-0.05, 0) is 12.8 Å². The molecule has 0 aliphatic rings. The predicted octanol–water partition coefficient (Wildman–Crippen LogP) is 4.58. The Hall–Kier alpha value is -0.510. The first-order valence-corrected chi connectivity index (χ1v) is 8.50. The lowest BCUT2D eigenvalue weighted by Gasteiger charge is -2.08. The minimum Gasteiger partial charge on any atom is -0.261 e. The second kappa shape index (κ2) is 9.59. The molecule has 0 aromatic carbocycles. The fourth-order valence-electron chi connectivity index (χ4n) is 1.70. The summed E-state index contributed by atoms with van der Waals surface area (Å²) >= 11 is 0. The molecule has 0 rings (SSSR count). The summed E-state index contributed by atoms with van der Waals surface area (Å²) < 4.78 is 97.0. The van der Waals surface area contributed by atoms with E-state index in [-0.39, 0.29) is 12.8 Å². The minimum absolute atomic E-state index is 0.0726. The number of hydrogen-bond acceptors (Lipinski definition) is 3. The Kier molecular flexibility index (Phi) is 9.37. The SMILES string of the molecule is O=S(=O)(CCCCCCCCCC(F)(F)F)OCC(F)(F)F. The van der Waals surface area contributed by atoms with Crippen molar-refractivity contribution in [2.75, 3.05) is 12.4 Å². The lowest BCUT2D eigenvalue weighted by atomic mass is 10.1. The molecule has 0 bridgehead atoms. The molecular formula is C12H20F6O3S. The van der Waals surface area contributed by atoms with Crippen molar-refractivity contribution in [2.45, 2.75) is 63.7 Å². The topological polar surface area (TPSA) is 43.4 Å². The predicted molar refractivity (Wildman–Crippen MR) is 68.8 cm³/mol. The number of halogens is 6. The van der Waals surface area contributed by atoms with E-state index in [0.717, 1.165) is 0 Å². The van der Waals surface area contributed by atoms with Gasteiger partial charge in [-0.15, -0.1) is 0 Å². The smallest absolute Gasteiger partial charge is 0.261 e. The highest BCUT2D eigenvalue weighted by Crippen LogP contribution is 2.23. The van der Waals surface area contributed by atoms with Crippen LogP contribution in [0.1, 0.15) is 51.4 Å². The molecule has 0 N–H and O–H groups in total. The molecule has 0 aliphatic carbocycles. The second-order valence-electron chi connectivity index (χ2n) is 4.98. The molecule has 0 saturated carbocycles. The van der Waals surface area contributed by atoms with Crippen LogP contribution in [0.4, 0.5) is 26.3 Å². The number of hydrogen-bond donors (Lipinski definition) is 0. The summed E-state index contributed by atoms with van der Waals surface area (Å²) in [5.74, 6) is -0.489. The fraction of sp³-hybridized carbons (Fsp3) is 1.00. The molecule has 0 unspecified atom stereocenters. The molecule has 22 heavy (non-hydrogen) atoms. The van der Waals surface area contributed by atoms with Gasteiger partial charge in [0.05, 0.1) is 5.75 Å². The largest absolute Gasteiger partial charge is 0.413 e. The molecule has 0 aromatic rings. The van der Waals surface area contributed by atoms with E-state index in [2.05, 4.69) is 4.18 Å². The zero-order valence-electron chi connectivity index (χ0n) is 12.0.